The van der Waals surface area contributed by atoms with Gasteiger partial charge in [-0.15, -0.1) is 0 Å². The van der Waals surface area contributed by atoms with Gasteiger partial charge in [0.25, 0.3) is 0 Å². The van der Waals surface area contributed by atoms with Crippen LogP contribution in [0.1, 0.15) is 39.1 Å². The third-order valence-corrected chi connectivity index (χ3v) is 2.87. The van der Waals surface area contributed by atoms with Gasteiger partial charge in [0.15, 0.2) is 0 Å². The van der Waals surface area contributed by atoms with Crippen molar-refractivity contribution < 1.29 is 14.7 Å². The molecule has 1 aromatic heterocycles. The van der Waals surface area contributed by atoms with Gasteiger partial charge in [-0.3, -0.25) is 4.79 Å². The van der Waals surface area contributed by atoms with Crippen LogP contribution >= 0.6 is 0 Å². The Kier molecular flexibility index (Phi) is 5.35. The molecular formula is C12H20N4O3. The Balaban J connectivity index is 2.61. The summed E-state index contributed by atoms with van der Waals surface area (Å²) in [5.74, 6) is -0.256. The molecule has 7 nitrogen and oxygen atoms in total. The van der Waals surface area contributed by atoms with Crippen LogP contribution in [-0.2, 0) is 4.79 Å². The van der Waals surface area contributed by atoms with Gasteiger partial charge in [-0.25, -0.2) is 9.78 Å². The summed E-state index contributed by atoms with van der Waals surface area (Å²) in [6.07, 6.45) is 3.22. The number of carbonyl (C=O) groups excluding carboxylic acids is 1. The number of aromatic nitrogens is 2. The maximum Gasteiger partial charge on any atom is 0.318 e. The van der Waals surface area contributed by atoms with Crippen molar-refractivity contribution in [3.8, 4) is 0 Å². The third kappa shape index (κ3) is 4.27. The summed E-state index contributed by atoms with van der Waals surface area (Å²) in [5, 5.41) is 11.6. The van der Waals surface area contributed by atoms with E-state index in [2.05, 4.69) is 15.3 Å². The molecular weight excluding hydrogens is 248 g/mol. The predicted octanol–water partition coefficient (Wildman–Crippen LogP) is 1.37. The molecule has 3 N–H and O–H groups in total. The molecule has 0 fully saturated rings. The number of H-pyrrole nitrogens is 1. The van der Waals surface area contributed by atoms with E-state index in [0.717, 1.165) is 0 Å². The summed E-state index contributed by atoms with van der Waals surface area (Å²) in [5.41, 5.74) is 0. The van der Waals surface area contributed by atoms with Crippen molar-refractivity contribution in [2.24, 2.45) is 0 Å². The average Bonchev–Trinajstić information content (AvgIpc) is 2.81. The molecule has 0 aliphatic carbocycles. The predicted molar refractivity (Wildman–Crippen MR) is 69.6 cm³/mol. The van der Waals surface area contributed by atoms with Gasteiger partial charge in [0.05, 0.1) is 12.5 Å². The Labute approximate surface area is 112 Å². The second-order valence-electron chi connectivity index (χ2n) is 4.38. The van der Waals surface area contributed by atoms with Crippen LogP contribution in [0, 0.1) is 0 Å². The van der Waals surface area contributed by atoms with E-state index < -0.39 is 5.97 Å². The summed E-state index contributed by atoms with van der Waals surface area (Å²) in [4.78, 5) is 31.3. The van der Waals surface area contributed by atoms with Gasteiger partial charge < -0.3 is 20.3 Å². The number of carboxylic acid groups (broad SMARTS) is 1. The Morgan fingerprint density at radius 3 is 2.68 bits per heavy atom. The van der Waals surface area contributed by atoms with Crippen LogP contribution in [0.4, 0.5) is 4.79 Å². The van der Waals surface area contributed by atoms with Crippen molar-refractivity contribution >= 4 is 12.0 Å². The second kappa shape index (κ2) is 6.77. The van der Waals surface area contributed by atoms with Gasteiger partial charge in [-0.1, -0.05) is 0 Å². The zero-order valence-corrected chi connectivity index (χ0v) is 11.4. The second-order valence-corrected chi connectivity index (χ2v) is 4.38. The number of aromatic amines is 1. The number of carbonyl (C=O) groups is 2. The standard InChI is InChI=1S/C12H20N4O3/c1-4-16(8(2)7-10(17)18)12(19)15-9(3)11-13-5-6-14-11/h5-6,8-9H,4,7H2,1-3H3,(H,13,14)(H,15,19)(H,17,18). The van der Waals surface area contributed by atoms with Crippen LogP contribution < -0.4 is 5.32 Å². The van der Waals surface area contributed by atoms with Gasteiger partial charge in [-0.05, 0) is 20.8 Å². The van der Waals surface area contributed by atoms with Gasteiger partial charge >= 0.3 is 12.0 Å². The van der Waals surface area contributed by atoms with Gasteiger partial charge in [-0.2, -0.15) is 0 Å². The van der Waals surface area contributed by atoms with E-state index in [1.54, 1.807) is 19.3 Å². The Bertz CT molecular complexity index is 419. The fourth-order valence-corrected chi connectivity index (χ4v) is 1.87. The van der Waals surface area contributed by atoms with Crippen LogP contribution in [-0.4, -0.2) is 44.6 Å². The van der Waals surface area contributed by atoms with E-state index in [1.807, 2.05) is 13.8 Å². The van der Waals surface area contributed by atoms with Crippen molar-refractivity contribution in [2.45, 2.75) is 39.3 Å². The molecule has 0 aliphatic rings. The number of carboxylic acids is 1. The van der Waals surface area contributed by atoms with Crippen molar-refractivity contribution in [1.82, 2.24) is 20.2 Å². The van der Waals surface area contributed by atoms with E-state index in [9.17, 15) is 9.59 Å². The van der Waals surface area contributed by atoms with E-state index in [4.69, 9.17) is 5.11 Å². The Hall–Kier alpha value is -2.05. The molecule has 7 heteroatoms. The summed E-state index contributed by atoms with van der Waals surface area (Å²) >= 11 is 0. The molecule has 2 unspecified atom stereocenters. The normalized spacial score (nSPS) is 13.6. The number of nitrogens with one attached hydrogen (secondary N) is 2. The SMILES string of the molecule is CCN(C(=O)NC(C)c1ncc[nH]1)C(C)CC(=O)O. The molecule has 19 heavy (non-hydrogen) atoms. The lowest BCUT2D eigenvalue weighted by atomic mass is 10.2. The summed E-state index contributed by atoms with van der Waals surface area (Å²) in [6.45, 7) is 5.79. The minimum absolute atomic E-state index is 0.0730. The zero-order chi connectivity index (χ0) is 14.4. The van der Waals surface area contributed by atoms with Crippen molar-refractivity contribution in [3.63, 3.8) is 0 Å². The smallest absolute Gasteiger partial charge is 0.318 e. The first-order valence-electron chi connectivity index (χ1n) is 6.23. The number of hydrogen-bond donors (Lipinski definition) is 3. The summed E-state index contributed by atoms with van der Waals surface area (Å²) in [7, 11) is 0. The molecule has 1 heterocycles. The maximum absolute atomic E-state index is 12.1. The van der Waals surface area contributed by atoms with Gasteiger partial charge in [0, 0.05) is 25.0 Å². The fraction of sp³-hybridized carbons (Fsp3) is 0.583. The van der Waals surface area contributed by atoms with Gasteiger partial charge in [0.1, 0.15) is 5.82 Å². The largest absolute Gasteiger partial charge is 0.481 e. The monoisotopic (exact) mass is 268 g/mol. The van der Waals surface area contributed by atoms with E-state index in [-0.39, 0.29) is 24.5 Å². The minimum atomic E-state index is -0.919. The lowest BCUT2D eigenvalue weighted by Crippen LogP contribution is -2.46. The molecule has 0 bridgehead atoms. The van der Waals surface area contributed by atoms with Gasteiger partial charge in [0.2, 0.25) is 0 Å². The fourth-order valence-electron chi connectivity index (χ4n) is 1.87. The number of hydrogen-bond acceptors (Lipinski definition) is 3. The highest BCUT2D eigenvalue weighted by atomic mass is 16.4. The highest BCUT2D eigenvalue weighted by Crippen LogP contribution is 2.09. The lowest BCUT2D eigenvalue weighted by molar-refractivity contribution is -0.138. The average molecular weight is 268 g/mol. The quantitative estimate of drug-likeness (QED) is 0.725. The number of imidazole rings is 1. The molecule has 0 spiro atoms. The number of rotatable bonds is 6. The van der Waals surface area contributed by atoms with E-state index >= 15 is 0 Å². The van der Waals surface area contributed by atoms with Crippen molar-refractivity contribution in [1.29, 1.82) is 0 Å². The molecule has 0 radical (unpaired) electrons. The lowest BCUT2D eigenvalue weighted by Gasteiger charge is -2.28. The molecule has 0 aromatic carbocycles. The van der Waals surface area contributed by atoms with E-state index in [1.165, 1.54) is 4.90 Å². The van der Waals surface area contributed by atoms with Crippen LogP contribution in [0.2, 0.25) is 0 Å². The molecule has 0 saturated carbocycles. The molecule has 0 saturated heterocycles. The first kappa shape index (κ1) is 15.0. The Morgan fingerprint density at radius 1 is 1.53 bits per heavy atom. The third-order valence-electron chi connectivity index (χ3n) is 2.87. The number of nitrogens with zero attached hydrogens (tertiary/aromatic N) is 2. The van der Waals surface area contributed by atoms with Crippen LogP contribution in [0.5, 0.6) is 0 Å². The number of aliphatic carboxylic acids is 1. The van der Waals surface area contributed by atoms with Crippen molar-refractivity contribution in [3.05, 3.63) is 18.2 Å². The maximum atomic E-state index is 12.1. The molecule has 2 amide bonds. The molecule has 1 aromatic rings. The highest BCUT2D eigenvalue weighted by Gasteiger charge is 2.22. The zero-order valence-electron chi connectivity index (χ0n) is 11.4. The van der Waals surface area contributed by atoms with Crippen LogP contribution in [0.15, 0.2) is 12.4 Å². The number of urea groups is 1. The van der Waals surface area contributed by atoms with Crippen LogP contribution in [0.25, 0.3) is 0 Å². The minimum Gasteiger partial charge on any atom is -0.481 e. The molecule has 1 rings (SSSR count). The molecule has 0 aliphatic heterocycles. The first-order valence-corrected chi connectivity index (χ1v) is 6.23. The highest BCUT2D eigenvalue weighted by molar-refractivity contribution is 5.76. The van der Waals surface area contributed by atoms with Crippen molar-refractivity contribution in [2.75, 3.05) is 6.54 Å². The van der Waals surface area contributed by atoms with Crippen LogP contribution in [0.3, 0.4) is 0 Å². The topological polar surface area (TPSA) is 98.3 Å². The summed E-state index contributed by atoms with van der Waals surface area (Å²) < 4.78 is 0. The number of amides is 2. The molecule has 2 atom stereocenters. The Morgan fingerprint density at radius 2 is 2.21 bits per heavy atom. The molecule has 106 valence electrons. The summed E-state index contributed by atoms with van der Waals surface area (Å²) in [6, 6.07) is -0.903. The van der Waals surface area contributed by atoms with E-state index in [0.29, 0.717) is 12.4 Å². The first-order chi connectivity index (χ1) is 8.95.